The second-order valence-electron chi connectivity index (χ2n) is 3.54. The lowest BCUT2D eigenvalue weighted by atomic mass is 10.3. The van der Waals surface area contributed by atoms with E-state index >= 15 is 0 Å². The Morgan fingerprint density at radius 2 is 1.80 bits per heavy atom. The van der Waals surface area contributed by atoms with Crippen LogP contribution in [0.25, 0.3) is 0 Å². The Morgan fingerprint density at radius 1 is 1.15 bits per heavy atom. The highest BCUT2D eigenvalue weighted by molar-refractivity contribution is 9.10. The Hall–Kier alpha value is -2.03. The van der Waals surface area contributed by atoms with Gasteiger partial charge in [-0.15, -0.1) is 13.2 Å². The minimum absolute atomic E-state index is 0.0237. The van der Waals surface area contributed by atoms with E-state index < -0.39 is 6.36 Å². The molecular formula is C11H7BrF3N3O2. The number of rotatable bonds is 3. The van der Waals surface area contributed by atoms with Crippen molar-refractivity contribution in [3.05, 3.63) is 35.1 Å². The predicted molar refractivity (Wildman–Crippen MR) is 67.3 cm³/mol. The van der Waals surface area contributed by atoms with Crippen LogP contribution < -0.4 is 15.2 Å². The Kier molecular flexibility index (Phi) is 3.98. The van der Waals surface area contributed by atoms with Crippen LogP contribution in [0.15, 0.2) is 35.1 Å². The number of aromatic nitrogens is 2. The fourth-order valence-electron chi connectivity index (χ4n) is 1.24. The summed E-state index contributed by atoms with van der Waals surface area (Å²) in [6.45, 7) is 0. The highest BCUT2D eigenvalue weighted by Crippen LogP contribution is 2.34. The Balaban J connectivity index is 2.14. The molecule has 2 aromatic rings. The summed E-state index contributed by atoms with van der Waals surface area (Å²) < 4.78 is 45.4. The zero-order valence-electron chi connectivity index (χ0n) is 9.69. The Labute approximate surface area is 119 Å². The molecule has 0 saturated carbocycles. The molecule has 2 rings (SSSR count). The zero-order chi connectivity index (χ0) is 14.8. The van der Waals surface area contributed by atoms with Gasteiger partial charge >= 0.3 is 12.4 Å². The fourth-order valence-corrected chi connectivity index (χ4v) is 1.68. The average molecular weight is 350 g/mol. The summed E-state index contributed by atoms with van der Waals surface area (Å²) in [6, 6.07) is 3.74. The van der Waals surface area contributed by atoms with Gasteiger partial charge in [0.1, 0.15) is 11.5 Å². The molecule has 0 aliphatic carbocycles. The van der Waals surface area contributed by atoms with Gasteiger partial charge in [-0.25, -0.2) is 9.97 Å². The van der Waals surface area contributed by atoms with Crippen molar-refractivity contribution in [3.63, 3.8) is 0 Å². The molecule has 0 saturated heterocycles. The van der Waals surface area contributed by atoms with Gasteiger partial charge < -0.3 is 15.2 Å². The van der Waals surface area contributed by atoms with E-state index in [2.05, 4.69) is 30.6 Å². The third kappa shape index (κ3) is 3.98. The van der Waals surface area contributed by atoms with E-state index in [4.69, 9.17) is 10.5 Å². The van der Waals surface area contributed by atoms with Crippen LogP contribution in [0.5, 0.6) is 17.5 Å². The van der Waals surface area contributed by atoms with Crippen molar-refractivity contribution in [2.45, 2.75) is 6.36 Å². The van der Waals surface area contributed by atoms with Gasteiger partial charge in [0, 0.05) is 0 Å². The van der Waals surface area contributed by atoms with E-state index in [1.54, 1.807) is 0 Å². The SMILES string of the molecule is Nc1cnc(Oc2ccc(OC(F)(F)F)c(Br)c2)nc1. The van der Waals surface area contributed by atoms with Gasteiger partial charge in [-0.1, -0.05) is 0 Å². The van der Waals surface area contributed by atoms with Crippen LogP contribution in [0.1, 0.15) is 0 Å². The van der Waals surface area contributed by atoms with Crippen molar-refractivity contribution in [1.29, 1.82) is 0 Å². The summed E-state index contributed by atoms with van der Waals surface area (Å²) >= 11 is 2.96. The second-order valence-corrected chi connectivity index (χ2v) is 4.40. The van der Waals surface area contributed by atoms with Crippen LogP contribution in [-0.2, 0) is 0 Å². The molecule has 0 fully saturated rings. The van der Waals surface area contributed by atoms with Crippen LogP contribution in [0.2, 0.25) is 0 Å². The van der Waals surface area contributed by atoms with Crippen LogP contribution in [-0.4, -0.2) is 16.3 Å². The van der Waals surface area contributed by atoms with Crippen molar-refractivity contribution in [2.75, 3.05) is 5.73 Å². The van der Waals surface area contributed by atoms with Gasteiger partial charge in [0.2, 0.25) is 0 Å². The molecule has 106 valence electrons. The zero-order valence-corrected chi connectivity index (χ0v) is 11.3. The molecule has 1 heterocycles. The maximum atomic E-state index is 12.1. The summed E-state index contributed by atoms with van der Waals surface area (Å²) in [5.41, 5.74) is 5.78. The molecule has 0 aliphatic heterocycles. The van der Waals surface area contributed by atoms with Gasteiger partial charge in [-0.2, -0.15) is 0 Å². The van der Waals surface area contributed by atoms with E-state index in [9.17, 15) is 13.2 Å². The molecule has 0 unspecified atom stereocenters. The molecule has 0 amide bonds. The molecule has 1 aromatic carbocycles. The lowest BCUT2D eigenvalue weighted by Gasteiger charge is -2.11. The van der Waals surface area contributed by atoms with Gasteiger partial charge in [0.25, 0.3) is 0 Å². The van der Waals surface area contributed by atoms with Gasteiger partial charge in [0.05, 0.1) is 22.6 Å². The number of nitrogens with zero attached hydrogens (tertiary/aromatic N) is 2. The first-order valence-corrected chi connectivity index (χ1v) is 5.93. The number of benzene rings is 1. The topological polar surface area (TPSA) is 70.3 Å². The predicted octanol–water partition coefficient (Wildman–Crippen LogP) is 3.51. The smallest absolute Gasteiger partial charge is 0.424 e. The van der Waals surface area contributed by atoms with E-state index in [-0.39, 0.29) is 22.0 Å². The first-order valence-electron chi connectivity index (χ1n) is 5.14. The van der Waals surface area contributed by atoms with Gasteiger partial charge in [-0.05, 0) is 34.1 Å². The highest BCUT2D eigenvalue weighted by Gasteiger charge is 2.32. The number of hydrogen-bond donors (Lipinski definition) is 1. The highest BCUT2D eigenvalue weighted by atomic mass is 79.9. The normalized spacial score (nSPS) is 11.2. The van der Waals surface area contributed by atoms with Crippen molar-refractivity contribution >= 4 is 21.6 Å². The third-order valence-corrected chi connectivity index (χ3v) is 2.61. The maximum absolute atomic E-state index is 12.1. The number of nitrogens with two attached hydrogens (primary N) is 1. The second kappa shape index (κ2) is 5.53. The molecule has 0 spiro atoms. The number of alkyl halides is 3. The van der Waals surface area contributed by atoms with Crippen molar-refractivity contribution in [1.82, 2.24) is 9.97 Å². The molecule has 9 heteroatoms. The molecule has 5 nitrogen and oxygen atoms in total. The minimum Gasteiger partial charge on any atom is -0.424 e. The molecule has 0 atom stereocenters. The van der Waals surface area contributed by atoms with E-state index in [0.29, 0.717) is 5.69 Å². The van der Waals surface area contributed by atoms with Gasteiger partial charge in [0.15, 0.2) is 0 Å². The van der Waals surface area contributed by atoms with Crippen molar-refractivity contribution in [3.8, 4) is 17.5 Å². The molecule has 2 N–H and O–H groups in total. The van der Waals surface area contributed by atoms with Gasteiger partial charge in [-0.3, -0.25) is 0 Å². The number of hydrogen-bond acceptors (Lipinski definition) is 5. The Bertz CT molecular complexity index is 605. The molecule has 0 radical (unpaired) electrons. The average Bonchev–Trinajstić information content (AvgIpc) is 2.34. The maximum Gasteiger partial charge on any atom is 0.573 e. The monoisotopic (exact) mass is 349 g/mol. The van der Waals surface area contributed by atoms with Crippen molar-refractivity contribution < 1.29 is 22.6 Å². The first-order chi connectivity index (χ1) is 9.33. The number of nitrogen functional groups attached to an aromatic ring is 1. The lowest BCUT2D eigenvalue weighted by molar-refractivity contribution is -0.274. The molecule has 20 heavy (non-hydrogen) atoms. The first kappa shape index (κ1) is 14.4. The summed E-state index contributed by atoms with van der Waals surface area (Å²) in [7, 11) is 0. The van der Waals surface area contributed by atoms with E-state index in [1.165, 1.54) is 24.5 Å². The number of anilines is 1. The quantitative estimate of drug-likeness (QED) is 0.917. The van der Waals surface area contributed by atoms with Crippen molar-refractivity contribution in [2.24, 2.45) is 0 Å². The molecule has 1 aromatic heterocycles. The van der Waals surface area contributed by atoms with E-state index in [0.717, 1.165) is 6.07 Å². The summed E-state index contributed by atoms with van der Waals surface area (Å²) in [5, 5.41) is 0. The molecule has 0 bridgehead atoms. The lowest BCUT2D eigenvalue weighted by Crippen LogP contribution is -2.17. The number of ether oxygens (including phenoxy) is 2. The summed E-state index contributed by atoms with van der Waals surface area (Å²) in [6.07, 6.45) is -2.07. The Morgan fingerprint density at radius 3 is 2.35 bits per heavy atom. The fraction of sp³-hybridized carbons (Fsp3) is 0.0909. The third-order valence-electron chi connectivity index (χ3n) is 1.99. The standard InChI is InChI=1S/C11H7BrF3N3O2/c12-8-3-7(1-2-9(8)20-11(13,14)15)19-10-17-4-6(16)5-18-10/h1-5H,16H2. The largest absolute Gasteiger partial charge is 0.573 e. The van der Waals surface area contributed by atoms with E-state index in [1.807, 2.05) is 0 Å². The molecule has 0 aliphatic rings. The summed E-state index contributed by atoms with van der Waals surface area (Å²) in [4.78, 5) is 7.60. The molecular weight excluding hydrogens is 343 g/mol. The minimum atomic E-state index is -4.76. The summed E-state index contributed by atoms with van der Waals surface area (Å²) in [5.74, 6) is -0.126. The van der Waals surface area contributed by atoms with Crippen LogP contribution >= 0.6 is 15.9 Å². The van der Waals surface area contributed by atoms with Crippen LogP contribution in [0, 0.1) is 0 Å². The van der Waals surface area contributed by atoms with Crippen LogP contribution in [0.3, 0.4) is 0 Å². The number of halogens is 4. The van der Waals surface area contributed by atoms with Crippen LogP contribution in [0.4, 0.5) is 18.9 Å².